The second kappa shape index (κ2) is 9.38. The van der Waals surface area contributed by atoms with E-state index in [0.717, 1.165) is 0 Å². The summed E-state index contributed by atoms with van der Waals surface area (Å²) in [5.74, 6) is 0.0324. The van der Waals surface area contributed by atoms with Crippen LogP contribution in [0.15, 0.2) is 0 Å². The highest BCUT2D eigenvalue weighted by atomic mass is 35.5. The lowest BCUT2D eigenvalue weighted by Gasteiger charge is -1.79. The van der Waals surface area contributed by atoms with Crippen LogP contribution in [-0.4, -0.2) is 12.4 Å². The number of halogens is 2. The first-order valence-corrected chi connectivity index (χ1v) is 1.30. The van der Waals surface area contributed by atoms with Crippen LogP contribution in [0.1, 0.15) is 0 Å². The maximum atomic E-state index is 6.40. The van der Waals surface area contributed by atoms with Crippen molar-refractivity contribution in [3.05, 3.63) is 0 Å². The van der Waals surface area contributed by atoms with Crippen molar-refractivity contribution in [1.29, 1.82) is 5.41 Å². The molecule has 5 N–H and O–H groups in total. The fourth-order valence-electron chi connectivity index (χ4n) is 0. The van der Waals surface area contributed by atoms with Gasteiger partial charge in [0, 0.05) is 0 Å². The normalized spacial score (nSPS) is 5.29. The van der Waals surface area contributed by atoms with Crippen molar-refractivity contribution in [2.45, 2.75) is 0 Å². The van der Waals surface area contributed by atoms with Gasteiger partial charge in [-0.05, 0) is 0 Å². The quantitative estimate of drug-likeness (QED) is 0.351. The minimum absolute atomic E-state index is 0. The van der Waals surface area contributed by atoms with Gasteiger partial charge in [0.1, 0.15) is 5.84 Å². The average molecular weight is 146 g/mol. The molecule has 0 rings (SSSR count). The molecule has 0 aromatic carbocycles. The van der Waals surface area contributed by atoms with Crippen molar-refractivity contribution in [1.82, 2.24) is 0 Å². The zero-order valence-electron chi connectivity index (χ0n) is 3.68. The van der Waals surface area contributed by atoms with E-state index in [1.165, 1.54) is 0 Å². The molecule has 0 aromatic heterocycles. The average Bonchev–Trinajstić information content (AvgIpc) is 1.38. The van der Waals surface area contributed by atoms with E-state index < -0.39 is 0 Å². The van der Waals surface area contributed by atoms with E-state index in [-0.39, 0.29) is 37.2 Å². The Bertz CT molecular complexity index is 46.2. The molecule has 46 valence electrons. The Morgan fingerprint density at radius 3 is 1.57 bits per heavy atom. The molecule has 0 fully saturated rings. The third kappa shape index (κ3) is 23.9. The molecule has 0 saturated heterocycles. The highest BCUT2D eigenvalue weighted by Crippen LogP contribution is 1.38. The van der Waals surface area contributed by atoms with Gasteiger partial charge in [-0.3, -0.25) is 5.41 Å². The number of nitrogens with one attached hydrogen (secondary N) is 1. The predicted octanol–water partition coefficient (Wildman–Crippen LogP) is -0.275. The lowest BCUT2D eigenvalue weighted by atomic mass is 10.6. The zero-order chi connectivity index (χ0) is 4.28. The summed E-state index contributed by atoms with van der Waals surface area (Å²) in [6.45, 7) is 0.167. The minimum Gasteiger partial charge on any atom is -0.387 e. The molecule has 0 saturated carbocycles. The Balaban J connectivity index is -0.0000000800. The van der Waals surface area contributed by atoms with Crippen molar-refractivity contribution >= 4 is 30.6 Å². The molecule has 0 aliphatic heterocycles. The van der Waals surface area contributed by atoms with Crippen LogP contribution in [0.5, 0.6) is 0 Å². The van der Waals surface area contributed by atoms with Gasteiger partial charge in [-0.1, -0.05) is 0 Å². The lowest BCUT2D eigenvalue weighted by molar-refractivity contribution is 1.24. The summed E-state index contributed by atoms with van der Waals surface area (Å²) in [4.78, 5) is 0. The molecule has 0 aromatic rings. The van der Waals surface area contributed by atoms with Crippen LogP contribution in [0.3, 0.4) is 0 Å². The van der Waals surface area contributed by atoms with Crippen LogP contribution in [0.2, 0.25) is 0 Å². The summed E-state index contributed by atoms with van der Waals surface area (Å²) >= 11 is 0. The van der Waals surface area contributed by atoms with Crippen molar-refractivity contribution in [2.75, 3.05) is 6.54 Å². The summed E-state index contributed by atoms with van der Waals surface area (Å²) < 4.78 is 0. The van der Waals surface area contributed by atoms with Gasteiger partial charge in [-0.15, -0.1) is 24.8 Å². The fraction of sp³-hybridized carbons (Fsp3) is 0.500. The van der Waals surface area contributed by atoms with E-state index in [2.05, 4.69) is 0 Å². The Morgan fingerprint density at radius 2 is 1.57 bits per heavy atom. The largest absolute Gasteiger partial charge is 0.387 e. The third-order valence-corrected chi connectivity index (χ3v) is 0.220. The van der Waals surface area contributed by atoms with Gasteiger partial charge in [-0.25, -0.2) is 0 Å². The van der Waals surface area contributed by atoms with Crippen molar-refractivity contribution in [3.63, 3.8) is 0 Å². The second-order valence-electron chi connectivity index (χ2n) is 0.729. The molecule has 0 atom stereocenters. The summed E-state index contributed by atoms with van der Waals surface area (Å²) in [6.07, 6.45) is 0. The first-order chi connectivity index (χ1) is 2.27. The van der Waals surface area contributed by atoms with E-state index in [1.54, 1.807) is 0 Å². The van der Waals surface area contributed by atoms with Gasteiger partial charge < -0.3 is 11.5 Å². The van der Waals surface area contributed by atoms with E-state index in [9.17, 15) is 0 Å². The van der Waals surface area contributed by atoms with Crippen molar-refractivity contribution in [3.8, 4) is 0 Å². The topological polar surface area (TPSA) is 75.9 Å². The van der Waals surface area contributed by atoms with Gasteiger partial charge in [-0.2, -0.15) is 0 Å². The molecular formula is C2H9Cl2N3. The first kappa shape index (κ1) is 15.7. The van der Waals surface area contributed by atoms with E-state index in [4.69, 9.17) is 16.9 Å². The minimum atomic E-state index is 0. The molecule has 0 aliphatic carbocycles. The Morgan fingerprint density at radius 1 is 1.43 bits per heavy atom. The molecule has 3 nitrogen and oxygen atoms in total. The predicted molar refractivity (Wildman–Crippen MR) is 35.5 cm³/mol. The van der Waals surface area contributed by atoms with Crippen LogP contribution in [-0.2, 0) is 0 Å². The van der Waals surface area contributed by atoms with Crippen LogP contribution < -0.4 is 11.5 Å². The summed E-state index contributed by atoms with van der Waals surface area (Å²) in [7, 11) is 0. The summed E-state index contributed by atoms with van der Waals surface area (Å²) in [6, 6.07) is 0. The Labute approximate surface area is 54.8 Å². The summed E-state index contributed by atoms with van der Waals surface area (Å²) in [5, 5.41) is 6.40. The molecule has 0 amide bonds. The van der Waals surface area contributed by atoms with Crippen LogP contribution in [0, 0.1) is 5.41 Å². The standard InChI is InChI=1S/C2H7N3.2ClH/c3-1-2(4)5;;/h1,3H2,(H3,4,5);2*1H. The van der Waals surface area contributed by atoms with Crippen LogP contribution in [0.25, 0.3) is 0 Å². The molecular weight excluding hydrogens is 137 g/mol. The van der Waals surface area contributed by atoms with Gasteiger partial charge >= 0.3 is 0 Å². The van der Waals surface area contributed by atoms with Gasteiger partial charge in [0.05, 0.1) is 6.54 Å². The van der Waals surface area contributed by atoms with Gasteiger partial charge in [0.15, 0.2) is 0 Å². The van der Waals surface area contributed by atoms with Crippen LogP contribution >= 0.6 is 24.8 Å². The van der Waals surface area contributed by atoms with Gasteiger partial charge in [0.2, 0.25) is 0 Å². The lowest BCUT2D eigenvalue weighted by Crippen LogP contribution is -2.20. The fourth-order valence-corrected chi connectivity index (χ4v) is 0. The second-order valence-corrected chi connectivity index (χ2v) is 0.729. The number of rotatable bonds is 1. The molecule has 0 radical (unpaired) electrons. The SMILES string of the molecule is Cl.Cl.N=C(N)CN. The maximum Gasteiger partial charge on any atom is 0.105 e. The third-order valence-electron chi connectivity index (χ3n) is 0.220. The number of amidine groups is 1. The molecule has 0 aliphatic rings. The number of hydrogen-bond acceptors (Lipinski definition) is 2. The monoisotopic (exact) mass is 145 g/mol. The highest BCUT2D eigenvalue weighted by Gasteiger charge is 1.70. The van der Waals surface area contributed by atoms with E-state index in [0.29, 0.717) is 0 Å². The molecule has 0 heterocycles. The van der Waals surface area contributed by atoms with E-state index >= 15 is 0 Å². The Hall–Kier alpha value is 0.01000. The highest BCUT2D eigenvalue weighted by molar-refractivity contribution is 5.85. The Kier molecular flexibility index (Phi) is 21.1. The number of hydrogen-bond donors (Lipinski definition) is 3. The molecule has 0 spiro atoms. The first-order valence-electron chi connectivity index (χ1n) is 1.30. The van der Waals surface area contributed by atoms with Crippen LogP contribution in [0.4, 0.5) is 0 Å². The van der Waals surface area contributed by atoms with Crippen molar-refractivity contribution in [2.24, 2.45) is 11.5 Å². The molecule has 5 heteroatoms. The smallest absolute Gasteiger partial charge is 0.105 e. The molecule has 7 heavy (non-hydrogen) atoms. The van der Waals surface area contributed by atoms with Gasteiger partial charge in [0.25, 0.3) is 0 Å². The van der Waals surface area contributed by atoms with Crippen molar-refractivity contribution < 1.29 is 0 Å². The van der Waals surface area contributed by atoms with E-state index in [1.807, 2.05) is 0 Å². The zero-order valence-corrected chi connectivity index (χ0v) is 5.31. The number of nitrogens with two attached hydrogens (primary N) is 2. The molecule has 0 bridgehead atoms. The maximum absolute atomic E-state index is 6.40. The summed E-state index contributed by atoms with van der Waals surface area (Å²) in [5.41, 5.74) is 9.57. The molecule has 0 unspecified atom stereocenters.